The van der Waals surface area contributed by atoms with Crippen molar-refractivity contribution in [1.29, 1.82) is 0 Å². The van der Waals surface area contributed by atoms with E-state index in [9.17, 15) is 50.4 Å². The maximum atomic E-state index is 12.5. The SMILES string of the molecule is COC(=O)C1=CO[C@@H](O[C@H]2O[C@H](CO[C@@H]3O[C@H](COC(=O)/C=C/c4cc(OC)c(O)c(OC)c4)[C@@H](O)[C@H](O)[C@H]3O)[C@@H](O)[C@H](O)[C@H]2O)C2C(CO)CC[C@H]12. The summed E-state index contributed by atoms with van der Waals surface area (Å²) in [5.74, 6) is -2.79. The van der Waals surface area contributed by atoms with Gasteiger partial charge in [0.2, 0.25) is 12.0 Å². The molecule has 0 amide bonds. The van der Waals surface area contributed by atoms with Crippen molar-refractivity contribution in [3.63, 3.8) is 0 Å². The molecule has 19 nitrogen and oxygen atoms in total. The first-order chi connectivity index (χ1) is 25.3. The van der Waals surface area contributed by atoms with Gasteiger partial charge in [-0.3, -0.25) is 0 Å². The van der Waals surface area contributed by atoms with Crippen LogP contribution >= 0.6 is 0 Å². The molecule has 3 heterocycles. The van der Waals surface area contributed by atoms with Gasteiger partial charge in [0.05, 0.1) is 39.8 Å². The van der Waals surface area contributed by atoms with Crippen molar-refractivity contribution < 1.29 is 93.1 Å². The van der Waals surface area contributed by atoms with Gasteiger partial charge >= 0.3 is 11.9 Å². The first-order valence-electron chi connectivity index (χ1n) is 16.8. The van der Waals surface area contributed by atoms with Crippen LogP contribution in [-0.2, 0) is 42.7 Å². The van der Waals surface area contributed by atoms with E-state index >= 15 is 0 Å². The number of aliphatic hydroxyl groups is 7. The van der Waals surface area contributed by atoms with Gasteiger partial charge in [0.25, 0.3) is 0 Å². The molecule has 0 radical (unpaired) electrons. The Balaban J connectivity index is 1.19. The van der Waals surface area contributed by atoms with Crippen molar-refractivity contribution in [2.24, 2.45) is 17.8 Å². The molecule has 296 valence electrons. The van der Waals surface area contributed by atoms with Gasteiger partial charge in [0.1, 0.15) is 55.4 Å². The average molecular weight is 759 g/mol. The van der Waals surface area contributed by atoms with Crippen molar-refractivity contribution in [3.8, 4) is 17.2 Å². The number of benzene rings is 1. The normalized spacial score (nSPS) is 37.0. The lowest BCUT2D eigenvalue weighted by molar-refractivity contribution is -0.354. The second kappa shape index (κ2) is 17.7. The molecular weight excluding hydrogens is 712 g/mol. The summed E-state index contributed by atoms with van der Waals surface area (Å²) in [4.78, 5) is 24.8. The highest BCUT2D eigenvalue weighted by atomic mass is 16.8. The average Bonchev–Trinajstić information content (AvgIpc) is 3.61. The van der Waals surface area contributed by atoms with Gasteiger partial charge in [-0.2, -0.15) is 0 Å². The molecule has 1 aromatic carbocycles. The van der Waals surface area contributed by atoms with Crippen LogP contribution in [0.1, 0.15) is 18.4 Å². The summed E-state index contributed by atoms with van der Waals surface area (Å²) in [5.41, 5.74) is 0.680. The van der Waals surface area contributed by atoms with Crippen molar-refractivity contribution in [3.05, 3.63) is 35.6 Å². The van der Waals surface area contributed by atoms with Crippen LogP contribution in [0, 0.1) is 17.8 Å². The third kappa shape index (κ3) is 8.71. The highest BCUT2D eigenvalue weighted by molar-refractivity contribution is 5.89. The second-order valence-electron chi connectivity index (χ2n) is 13.0. The number of ether oxygens (including phenoxy) is 9. The zero-order chi connectivity index (χ0) is 38.6. The number of fused-ring (bicyclic) bond motifs is 1. The molecule has 0 spiro atoms. The molecule has 1 aromatic rings. The minimum Gasteiger partial charge on any atom is -0.502 e. The molecule has 53 heavy (non-hydrogen) atoms. The Morgan fingerprint density at radius 3 is 2.02 bits per heavy atom. The molecule has 1 aliphatic carbocycles. The van der Waals surface area contributed by atoms with E-state index in [1.807, 2.05) is 0 Å². The van der Waals surface area contributed by atoms with Gasteiger partial charge in [-0.1, -0.05) is 0 Å². The highest BCUT2D eigenvalue weighted by Crippen LogP contribution is 2.47. The molecule has 3 fully saturated rings. The van der Waals surface area contributed by atoms with Crippen LogP contribution in [-0.4, -0.2) is 162 Å². The molecular formula is C34H46O19. The van der Waals surface area contributed by atoms with Crippen molar-refractivity contribution in [1.82, 2.24) is 0 Å². The molecule has 3 aliphatic heterocycles. The smallest absolute Gasteiger partial charge is 0.337 e. The third-order valence-corrected chi connectivity index (χ3v) is 9.89. The monoisotopic (exact) mass is 758 g/mol. The van der Waals surface area contributed by atoms with Crippen molar-refractivity contribution in [2.75, 3.05) is 41.2 Å². The number of phenolic OH excluding ortho intramolecular Hbond substituents is 1. The van der Waals surface area contributed by atoms with Crippen molar-refractivity contribution in [2.45, 2.75) is 80.5 Å². The van der Waals surface area contributed by atoms with E-state index in [0.717, 1.165) is 6.08 Å². The van der Waals surface area contributed by atoms with Crippen LogP contribution < -0.4 is 9.47 Å². The Labute approximate surface area is 303 Å². The van der Waals surface area contributed by atoms with E-state index in [0.29, 0.717) is 18.4 Å². The van der Waals surface area contributed by atoms with Crippen LogP contribution in [0.3, 0.4) is 0 Å². The fourth-order valence-corrected chi connectivity index (χ4v) is 6.92. The van der Waals surface area contributed by atoms with Gasteiger partial charge in [-0.05, 0) is 42.5 Å². The Bertz CT molecular complexity index is 1460. The number of hydrogen-bond donors (Lipinski definition) is 8. The molecule has 0 aromatic heterocycles. The van der Waals surface area contributed by atoms with Gasteiger partial charge in [0.15, 0.2) is 24.1 Å². The van der Waals surface area contributed by atoms with E-state index in [-0.39, 0.29) is 35.3 Å². The van der Waals surface area contributed by atoms with Crippen LogP contribution in [0.4, 0.5) is 0 Å². The molecule has 0 bridgehead atoms. The number of phenols is 1. The molecule has 2 saturated heterocycles. The summed E-state index contributed by atoms with van der Waals surface area (Å²) in [6.45, 7) is -1.44. The number of aliphatic hydroxyl groups excluding tert-OH is 7. The van der Waals surface area contributed by atoms with Gasteiger partial charge in [-0.25, -0.2) is 9.59 Å². The Hall–Kier alpha value is -3.60. The Morgan fingerprint density at radius 1 is 0.811 bits per heavy atom. The van der Waals surface area contributed by atoms with Crippen molar-refractivity contribution >= 4 is 18.0 Å². The third-order valence-electron chi connectivity index (χ3n) is 9.89. The summed E-state index contributed by atoms with van der Waals surface area (Å²) in [5, 5.41) is 83.8. The lowest BCUT2D eigenvalue weighted by Crippen LogP contribution is -2.62. The summed E-state index contributed by atoms with van der Waals surface area (Å²) in [6.07, 6.45) is -13.2. The fourth-order valence-electron chi connectivity index (χ4n) is 6.92. The summed E-state index contributed by atoms with van der Waals surface area (Å²) in [6, 6.07) is 2.88. The van der Waals surface area contributed by atoms with Crippen LogP contribution in [0.15, 0.2) is 30.0 Å². The zero-order valence-electron chi connectivity index (χ0n) is 29.1. The second-order valence-corrected chi connectivity index (χ2v) is 13.0. The Morgan fingerprint density at radius 2 is 1.42 bits per heavy atom. The molecule has 14 atom stereocenters. The predicted molar refractivity (Wildman–Crippen MR) is 173 cm³/mol. The first-order valence-corrected chi connectivity index (χ1v) is 16.8. The van der Waals surface area contributed by atoms with E-state index < -0.39 is 105 Å². The minimum absolute atomic E-state index is 0.0965. The maximum Gasteiger partial charge on any atom is 0.337 e. The number of esters is 2. The minimum atomic E-state index is -1.82. The molecule has 8 N–H and O–H groups in total. The maximum absolute atomic E-state index is 12.5. The van der Waals surface area contributed by atoms with E-state index in [2.05, 4.69) is 0 Å². The Kier molecular flexibility index (Phi) is 13.5. The fraction of sp³-hybridized carbons (Fsp3) is 0.647. The molecule has 5 rings (SSSR count). The largest absolute Gasteiger partial charge is 0.502 e. The van der Waals surface area contributed by atoms with E-state index in [4.69, 9.17) is 42.6 Å². The molecule has 2 unspecified atom stereocenters. The highest BCUT2D eigenvalue weighted by Gasteiger charge is 2.52. The summed E-state index contributed by atoms with van der Waals surface area (Å²) >= 11 is 0. The number of carbonyl (C=O) groups excluding carboxylic acids is 2. The van der Waals surface area contributed by atoms with E-state index in [1.165, 1.54) is 45.8 Å². The number of carbonyl (C=O) groups is 2. The lowest BCUT2D eigenvalue weighted by atomic mass is 9.83. The number of hydrogen-bond acceptors (Lipinski definition) is 19. The lowest BCUT2D eigenvalue weighted by Gasteiger charge is -2.44. The predicted octanol–water partition coefficient (Wildman–Crippen LogP) is -2.34. The number of aromatic hydroxyl groups is 1. The molecule has 19 heteroatoms. The summed E-state index contributed by atoms with van der Waals surface area (Å²) < 4.78 is 48.8. The van der Waals surface area contributed by atoms with E-state index in [1.54, 1.807) is 0 Å². The molecule has 4 aliphatic rings. The summed E-state index contributed by atoms with van der Waals surface area (Å²) in [7, 11) is 3.91. The van der Waals surface area contributed by atoms with Crippen LogP contribution in [0.2, 0.25) is 0 Å². The standard InChI is InChI=1S/C34H46O19/c1-45-18-8-14(9-19(46-2)24(18)37)4-7-22(36)48-12-20-25(38)27(40)29(42)33(51-20)50-13-21-26(39)28(41)30(43)34(52-21)53-32-23-15(10-35)5-6-16(23)17(11-49-32)31(44)47-3/h4,7-9,11,15-16,20-21,23,25-30,32-35,37-43H,5-6,10,12-13H2,1-3H3/b7-4+/t15?,16-,20-,21-,23?,25-,26-,27+,28+,29-,30-,32+,33-,34-/m1/s1. The quantitative estimate of drug-likeness (QED) is 0.0773. The van der Waals surface area contributed by atoms with Gasteiger partial charge < -0.3 is 83.5 Å². The zero-order valence-corrected chi connectivity index (χ0v) is 29.1. The number of rotatable bonds is 13. The molecule has 1 saturated carbocycles. The van der Waals surface area contributed by atoms with Gasteiger partial charge in [-0.15, -0.1) is 0 Å². The van der Waals surface area contributed by atoms with Crippen LogP contribution in [0.5, 0.6) is 17.2 Å². The van der Waals surface area contributed by atoms with Gasteiger partial charge in [0, 0.05) is 24.5 Å². The number of methoxy groups -OCH3 is 3. The van der Waals surface area contributed by atoms with Crippen LogP contribution in [0.25, 0.3) is 6.08 Å². The topological polar surface area (TPSA) is 279 Å². The first kappa shape index (κ1) is 40.6.